The molecule has 1 heterocycles. The molecule has 5 heteroatoms. The van der Waals surface area contributed by atoms with Crippen molar-refractivity contribution < 1.29 is 9.32 Å². The molecular weight excluding hydrogens is 302 g/mol. The maximum absolute atomic E-state index is 11.5. The largest absolute Gasteiger partial charge is 0.378 e. The number of ketones is 1. The van der Waals surface area contributed by atoms with Gasteiger partial charge in [-0.2, -0.15) is 4.98 Å². The van der Waals surface area contributed by atoms with Crippen molar-refractivity contribution in [2.24, 2.45) is 0 Å². The second kappa shape index (κ2) is 6.66. The summed E-state index contributed by atoms with van der Waals surface area (Å²) in [7, 11) is 0. The van der Waals surface area contributed by atoms with Crippen LogP contribution in [0, 0.1) is 13.8 Å². The molecule has 122 valence electrons. The first-order chi connectivity index (χ1) is 11.5. The third-order valence-corrected chi connectivity index (χ3v) is 3.90. The van der Waals surface area contributed by atoms with Crippen LogP contribution in [0.3, 0.4) is 0 Å². The average molecular weight is 321 g/mol. The highest BCUT2D eigenvalue weighted by molar-refractivity contribution is 5.95. The number of carbonyl (C=O) groups excluding carboxylic acids is 1. The molecule has 3 rings (SSSR count). The molecule has 0 atom stereocenters. The number of Topliss-reactive ketones (excluding diaryl/α,β-unsaturated/α-hetero) is 1. The zero-order valence-corrected chi connectivity index (χ0v) is 14.0. The van der Waals surface area contributed by atoms with Gasteiger partial charge in [0.15, 0.2) is 11.6 Å². The Kier molecular flexibility index (Phi) is 4.42. The van der Waals surface area contributed by atoms with Crippen LogP contribution in [-0.4, -0.2) is 15.9 Å². The number of benzene rings is 2. The van der Waals surface area contributed by atoms with E-state index in [0.29, 0.717) is 18.3 Å². The van der Waals surface area contributed by atoms with Crippen LogP contribution >= 0.6 is 0 Å². The van der Waals surface area contributed by atoms with E-state index in [-0.39, 0.29) is 5.78 Å². The lowest BCUT2D eigenvalue weighted by Crippen LogP contribution is -2.03. The fourth-order valence-corrected chi connectivity index (χ4v) is 2.60. The molecule has 0 aliphatic carbocycles. The smallest absolute Gasteiger partial charge is 0.258 e. The van der Waals surface area contributed by atoms with Crippen LogP contribution in [-0.2, 0) is 6.54 Å². The van der Waals surface area contributed by atoms with Crippen molar-refractivity contribution in [1.82, 2.24) is 10.1 Å². The second-order valence-corrected chi connectivity index (χ2v) is 5.77. The molecule has 0 spiro atoms. The molecule has 0 radical (unpaired) electrons. The van der Waals surface area contributed by atoms with Crippen molar-refractivity contribution in [2.75, 3.05) is 5.32 Å². The zero-order chi connectivity index (χ0) is 17.1. The van der Waals surface area contributed by atoms with Crippen LogP contribution in [0.25, 0.3) is 11.5 Å². The van der Waals surface area contributed by atoms with Crippen LogP contribution in [0.2, 0.25) is 0 Å². The van der Waals surface area contributed by atoms with E-state index >= 15 is 0 Å². The molecular formula is C19H19N3O2. The number of aromatic nitrogens is 2. The summed E-state index contributed by atoms with van der Waals surface area (Å²) in [5.74, 6) is 1.18. The molecule has 0 unspecified atom stereocenters. The highest BCUT2D eigenvalue weighted by atomic mass is 16.5. The molecule has 0 bridgehead atoms. The van der Waals surface area contributed by atoms with Gasteiger partial charge in [-0.1, -0.05) is 23.4 Å². The number of anilines is 1. The maximum Gasteiger partial charge on any atom is 0.258 e. The summed E-state index contributed by atoms with van der Waals surface area (Å²) in [5.41, 5.74) is 4.64. The van der Waals surface area contributed by atoms with Crippen LogP contribution in [0.5, 0.6) is 0 Å². The Balaban J connectivity index is 1.71. The Hall–Kier alpha value is -2.95. The first kappa shape index (κ1) is 15.9. The number of hydrogen-bond donors (Lipinski definition) is 1. The van der Waals surface area contributed by atoms with Crippen molar-refractivity contribution in [3.8, 4) is 11.5 Å². The molecule has 1 aromatic heterocycles. The van der Waals surface area contributed by atoms with Gasteiger partial charge in [-0.25, -0.2) is 0 Å². The summed E-state index contributed by atoms with van der Waals surface area (Å²) in [5, 5.41) is 7.27. The van der Waals surface area contributed by atoms with E-state index in [2.05, 4.69) is 15.5 Å². The summed E-state index contributed by atoms with van der Waals surface area (Å²) in [4.78, 5) is 15.9. The van der Waals surface area contributed by atoms with Crippen molar-refractivity contribution in [3.05, 3.63) is 65.0 Å². The molecule has 0 fully saturated rings. The molecule has 0 saturated heterocycles. The molecule has 3 aromatic rings. The second-order valence-electron chi connectivity index (χ2n) is 5.77. The third-order valence-electron chi connectivity index (χ3n) is 3.90. The monoisotopic (exact) mass is 321 g/mol. The number of nitrogens with zero attached hydrogens (tertiary/aromatic N) is 2. The molecule has 5 nitrogen and oxygen atoms in total. The van der Waals surface area contributed by atoms with Crippen LogP contribution in [0.4, 0.5) is 5.69 Å². The van der Waals surface area contributed by atoms with E-state index in [0.717, 1.165) is 27.9 Å². The lowest BCUT2D eigenvalue weighted by atomic mass is 10.0. The van der Waals surface area contributed by atoms with Gasteiger partial charge in [0, 0.05) is 16.8 Å². The Morgan fingerprint density at radius 2 is 1.92 bits per heavy atom. The fourth-order valence-electron chi connectivity index (χ4n) is 2.60. The van der Waals surface area contributed by atoms with Gasteiger partial charge in [-0.05, 0) is 56.2 Å². The summed E-state index contributed by atoms with van der Waals surface area (Å²) >= 11 is 0. The average Bonchev–Trinajstić information content (AvgIpc) is 3.02. The normalized spacial score (nSPS) is 10.6. The van der Waals surface area contributed by atoms with Gasteiger partial charge >= 0.3 is 0 Å². The molecule has 0 aliphatic heterocycles. The van der Waals surface area contributed by atoms with Crippen molar-refractivity contribution in [3.63, 3.8) is 0 Å². The van der Waals surface area contributed by atoms with Gasteiger partial charge in [-0.15, -0.1) is 0 Å². The Morgan fingerprint density at radius 1 is 1.12 bits per heavy atom. The number of nitrogens with one attached hydrogen (secondary N) is 1. The number of rotatable bonds is 5. The van der Waals surface area contributed by atoms with Gasteiger partial charge in [0.2, 0.25) is 0 Å². The highest BCUT2D eigenvalue weighted by Gasteiger charge is 2.11. The molecule has 0 amide bonds. The summed E-state index contributed by atoms with van der Waals surface area (Å²) in [6.07, 6.45) is 0. The van der Waals surface area contributed by atoms with Crippen LogP contribution < -0.4 is 5.32 Å². The van der Waals surface area contributed by atoms with E-state index in [4.69, 9.17) is 4.52 Å². The first-order valence-electron chi connectivity index (χ1n) is 7.78. The van der Waals surface area contributed by atoms with Gasteiger partial charge in [0.25, 0.3) is 5.89 Å². The van der Waals surface area contributed by atoms with E-state index in [1.54, 1.807) is 6.92 Å². The predicted molar refractivity (Wildman–Crippen MR) is 93.0 cm³/mol. The molecule has 0 saturated carbocycles. The van der Waals surface area contributed by atoms with E-state index in [9.17, 15) is 4.79 Å². The van der Waals surface area contributed by atoms with Crippen molar-refractivity contribution >= 4 is 11.5 Å². The minimum atomic E-state index is 0.0695. The summed E-state index contributed by atoms with van der Waals surface area (Å²) in [6, 6.07) is 13.6. The van der Waals surface area contributed by atoms with Gasteiger partial charge < -0.3 is 9.84 Å². The molecule has 24 heavy (non-hydrogen) atoms. The number of aryl methyl sites for hydroxylation is 2. The number of hydrogen-bond acceptors (Lipinski definition) is 5. The lowest BCUT2D eigenvalue weighted by molar-refractivity contribution is 0.101. The minimum absolute atomic E-state index is 0.0695. The predicted octanol–water partition coefficient (Wildman–Crippen LogP) is 4.17. The van der Waals surface area contributed by atoms with Gasteiger partial charge in [0.05, 0.1) is 6.54 Å². The van der Waals surface area contributed by atoms with Gasteiger partial charge in [-0.3, -0.25) is 4.79 Å². The lowest BCUT2D eigenvalue weighted by Gasteiger charge is -2.07. The van der Waals surface area contributed by atoms with Gasteiger partial charge in [0.1, 0.15) is 0 Å². The van der Waals surface area contributed by atoms with E-state index in [1.165, 1.54) is 0 Å². The fraction of sp³-hybridized carbons (Fsp3) is 0.211. The Bertz CT molecular complexity index is 884. The first-order valence-corrected chi connectivity index (χ1v) is 7.78. The SMILES string of the molecule is CC(=O)c1ccc(NCc2noc(-c3ccccc3C)n2)cc1C. The minimum Gasteiger partial charge on any atom is -0.378 e. The standard InChI is InChI=1S/C19H19N3O2/c1-12-6-4-5-7-17(12)19-21-18(22-24-19)11-20-15-8-9-16(14(3)23)13(2)10-15/h4-10,20H,11H2,1-3H3. The summed E-state index contributed by atoms with van der Waals surface area (Å²) in [6.45, 7) is 5.96. The zero-order valence-electron chi connectivity index (χ0n) is 14.0. The number of carbonyl (C=O) groups is 1. The summed E-state index contributed by atoms with van der Waals surface area (Å²) < 4.78 is 5.35. The van der Waals surface area contributed by atoms with E-state index in [1.807, 2.05) is 56.3 Å². The molecule has 2 aromatic carbocycles. The third kappa shape index (κ3) is 3.35. The topological polar surface area (TPSA) is 68.0 Å². The quantitative estimate of drug-likeness (QED) is 0.714. The highest BCUT2D eigenvalue weighted by Crippen LogP contribution is 2.21. The maximum atomic E-state index is 11.5. The Morgan fingerprint density at radius 3 is 2.62 bits per heavy atom. The molecule has 1 N–H and O–H groups in total. The molecule has 0 aliphatic rings. The Labute approximate surface area is 140 Å². The van der Waals surface area contributed by atoms with Crippen molar-refractivity contribution in [2.45, 2.75) is 27.3 Å². The van der Waals surface area contributed by atoms with Crippen molar-refractivity contribution in [1.29, 1.82) is 0 Å². The van der Waals surface area contributed by atoms with E-state index < -0.39 is 0 Å². The van der Waals surface area contributed by atoms with Crippen LogP contribution in [0.15, 0.2) is 47.0 Å². The van der Waals surface area contributed by atoms with Crippen LogP contribution in [0.1, 0.15) is 34.2 Å².